The summed E-state index contributed by atoms with van der Waals surface area (Å²) in [7, 11) is 0. The van der Waals surface area contributed by atoms with Gasteiger partial charge in [-0.05, 0) is 56.0 Å². The summed E-state index contributed by atoms with van der Waals surface area (Å²) in [6, 6.07) is 11.0. The van der Waals surface area contributed by atoms with Crippen LogP contribution in [0, 0.1) is 12.3 Å². The molecule has 1 atom stereocenters. The average Bonchev–Trinajstić information content (AvgIpc) is 3.64. The highest BCUT2D eigenvalue weighted by atomic mass is 79.9. The molecular weight excluding hydrogens is 534 g/mol. The summed E-state index contributed by atoms with van der Waals surface area (Å²) in [6.07, 6.45) is 9.98. The Bertz CT molecular complexity index is 1470. The maximum atomic E-state index is 14.0. The van der Waals surface area contributed by atoms with E-state index in [9.17, 15) is 14.4 Å². The van der Waals surface area contributed by atoms with Gasteiger partial charge in [-0.1, -0.05) is 27.9 Å². The number of piperidine rings is 1. The van der Waals surface area contributed by atoms with E-state index in [0.717, 1.165) is 39.5 Å². The van der Waals surface area contributed by atoms with Gasteiger partial charge in [0.15, 0.2) is 0 Å². The van der Waals surface area contributed by atoms with Crippen LogP contribution in [0.5, 0.6) is 0 Å². The number of terminal acetylenes is 1. The van der Waals surface area contributed by atoms with Crippen LogP contribution in [0.1, 0.15) is 41.6 Å². The number of H-pyrrole nitrogens is 1. The number of hydrogen-bond acceptors (Lipinski definition) is 4. The minimum Gasteiger partial charge on any atom is -0.339 e. The molecule has 0 bridgehead atoms. The summed E-state index contributed by atoms with van der Waals surface area (Å²) in [6.45, 7) is 1.48. The Balaban J connectivity index is 1.25. The molecule has 1 N–H and O–H groups in total. The van der Waals surface area contributed by atoms with Gasteiger partial charge >= 0.3 is 0 Å². The van der Waals surface area contributed by atoms with E-state index in [2.05, 4.69) is 32.0 Å². The minimum atomic E-state index is -0.780. The third-order valence-corrected chi connectivity index (χ3v) is 8.73. The molecule has 1 aromatic heterocycles. The summed E-state index contributed by atoms with van der Waals surface area (Å²) in [4.78, 5) is 45.7. The molecule has 8 nitrogen and oxygen atoms in total. The Labute approximate surface area is 223 Å². The Kier molecular flexibility index (Phi) is 5.80. The predicted molar refractivity (Wildman–Crippen MR) is 143 cm³/mol. The number of carbonyl (C=O) groups is 3. The van der Waals surface area contributed by atoms with Gasteiger partial charge in [-0.2, -0.15) is 5.10 Å². The summed E-state index contributed by atoms with van der Waals surface area (Å²) in [5, 5.41) is 7.81. The summed E-state index contributed by atoms with van der Waals surface area (Å²) in [5.74, 6) is 2.44. The Hall–Kier alpha value is -3.64. The monoisotopic (exact) mass is 559 g/mol. The van der Waals surface area contributed by atoms with Gasteiger partial charge in [-0.3, -0.25) is 19.5 Å². The summed E-state index contributed by atoms with van der Waals surface area (Å²) >= 11 is 3.68. The number of likely N-dealkylation sites (tertiary alicyclic amines) is 2. The van der Waals surface area contributed by atoms with E-state index in [1.165, 1.54) is 0 Å². The first-order valence-corrected chi connectivity index (χ1v) is 13.3. The maximum Gasteiger partial charge on any atom is 0.253 e. The third-order valence-electron chi connectivity index (χ3n) is 8.07. The van der Waals surface area contributed by atoms with Crippen LogP contribution >= 0.6 is 15.9 Å². The van der Waals surface area contributed by atoms with Crippen molar-refractivity contribution in [1.82, 2.24) is 20.0 Å². The minimum absolute atomic E-state index is 0.0322. The zero-order valence-corrected chi connectivity index (χ0v) is 21.8. The molecule has 3 aromatic rings. The maximum absolute atomic E-state index is 14.0. The molecule has 3 amide bonds. The molecule has 2 aromatic carbocycles. The molecule has 37 heavy (non-hydrogen) atoms. The van der Waals surface area contributed by atoms with Gasteiger partial charge in [0.25, 0.3) is 5.91 Å². The number of fused-ring (bicyclic) bond motifs is 3. The highest BCUT2D eigenvalue weighted by Crippen LogP contribution is 2.51. The number of aromatic nitrogens is 2. The fraction of sp³-hybridized carbons (Fsp3) is 0.357. The van der Waals surface area contributed by atoms with E-state index in [1.807, 2.05) is 35.2 Å². The van der Waals surface area contributed by atoms with Gasteiger partial charge in [0.1, 0.15) is 6.54 Å². The highest BCUT2D eigenvalue weighted by Gasteiger charge is 2.54. The zero-order chi connectivity index (χ0) is 25.7. The molecule has 1 spiro atoms. The number of carbonyl (C=O) groups excluding carboxylic acids is 3. The molecule has 9 heteroatoms. The number of benzene rings is 2. The Morgan fingerprint density at radius 2 is 2.00 bits per heavy atom. The second kappa shape index (κ2) is 9.03. The SMILES string of the molecule is C#CC1CCCN1C(=O)CN1C(=O)C2(CCN(C(=O)c3ccc4[nH]ncc4c3)CC2)c2c(Br)cccc21. The Morgan fingerprint density at radius 1 is 1.19 bits per heavy atom. The molecule has 3 aliphatic heterocycles. The van der Waals surface area contributed by atoms with Gasteiger partial charge in [0.2, 0.25) is 11.8 Å². The lowest BCUT2D eigenvalue weighted by atomic mass is 9.73. The number of rotatable bonds is 3. The molecular formula is C28H26BrN5O3. The summed E-state index contributed by atoms with van der Waals surface area (Å²) in [5.41, 5.74) is 2.37. The van der Waals surface area contributed by atoms with Crippen LogP contribution in [0.2, 0.25) is 0 Å². The van der Waals surface area contributed by atoms with Crippen molar-refractivity contribution in [3.8, 4) is 12.3 Å². The lowest BCUT2D eigenvalue weighted by Gasteiger charge is -2.39. The molecule has 0 radical (unpaired) electrons. The van der Waals surface area contributed by atoms with Crippen molar-refractivity contribution < 1.29 is 14.4 Å². The fourth-order valence-corrected chi connectivity index (χ4v) is 6.86. The average molecular weight is 560 g/mol. The van der Waals surface area contributed by atoms with E-state index in [0.29, 0.717) is 38.0 Å². The second-order valence-corrected chi connectivity index (χ2v) is 10.8. The molecule has 0 aliphatic carbocycles. The van der Waals surface area contributed by atoms with E-state index in [1.54, 1.807) is 22.1 Å². The van der Waals surface area contributed by atoms with Crippen LogP contribution < -0.4 is 4.90 Å². The van der Waals surface area contributed by atoms with Crippen molar-refractivity contribution in [2.45, 2.75) is 37.1 Å². The number of amides is 3. The smallest absolute Gasteiger partial charge is 0.253 e. The molecule has 4 heterocycles. The van der Waals surface area contributed by atoms with Gasteiger partial charge < -0.3 is 14.7 Å². The largest absolute Gasteiger partial charge is 0.339 e. The lowest BCUT2D eigenvalue weighted by Crippen LogP contribution is -2.52. The number of hydrogen-bond donors (Lipinski definition) is 1. The van der Waals surface area contributed by atoms with E-state index in [-0.39, 0.29) is 30.3 Å². The van der Waals surface area contributed by atoms with E-state index in [4.69, 9.17) is 6.42 Å². The zero-order valence-electron chi connectivity index (χ0n) is 20.2. The molecule has 1 unspecified atom stereocenters. The fourth-order valence-electron chi connectivity index (χ4n) is 6.12. The van der Waals surface area contributed by atoms with Crippen LogP contribution in [-0.4, -0.2) is 69.9 Å². The molecule has 2 saturated heterocycles. The van der Waals surface area contributed by atoms with Crippen LogP contribution in [0.3, 0.4) is 0 Å². The van der Waals surface area contributed by atoms with Crippen LogP contribution in [0.25, 0.3) is 10.9 Å². The number of anilines is 1. The van der Waals surface area contributed by atoms with Crippen molar-refractivity contribution >= 4 is 50.2 Å². The first-order chi connectivity index (χ1) is 17.9. The van der Waals surface area contributed by atoms with Crippen LogP contribution in [0.4, 0.5) is 5.69 Å². The van der Waals surface area contributed by atoms with Gasteiger partial charge in [0, 0.05) is 46.3 Å². The molecule has 2 fully saturated rings. The number of halogens is 1. The number of nitrogens with zero attached hydrogens (tertiary/aromatic N) is 4. The van der Waals surface area contributed by atoms with E-state index >= 15 is 0 Å². The topological polar surface area (TPSA) is 89.6 Å². The Morgan fingerprint density at radius 3 is 2.78 bits per heavy atom. The van der Waals surface area contributed by atoms with Gasteiger partial charge in [0.05, 0.1) is 23.2 Å². The van der Waals surface area contributed by atoms with Crippen molar-refractivity contribution in [2.24, 2.45) is 0 Å². The predicted octanol–water partition coefficient (Wildman–Crippen LogP) is 3.47. The van der Waals surface area contributed by atoms with Gasteiger partial charge in [-0.25, -0.2) is 0 Å². The van der Waals surface area contributed by atoms with Crippen molar-refractivity contribution in [3.63, 3.8) is 0 Å². The molecule has 0 saturated carbocycles. The van der Waals surface area contributed by atoms with Crippen LogP contribution in [0.15, 0.2) is 47.1 Å². The van der Waals surface area contributed by atoms with Crippen molar-refractivity contribution in [1.29, 1.82) is 0 Å². The van der Waals surface area contributed by atoms with Crippen LogP contribution in [-0.2, 0) is 15.0 Å². The summed E-state index contributed by atoms with van der Waals surface area (Å²) < 4.78 is 0.848. The van der Waals surface area contributed by atoms with E-state index < -0.39 is 5.41 Å². The molecule has 188 valence electrons. The first-order valence-electron chi connectivity index (χ1n) is 12.5. The number of aromatic amines is 1. The second-order valence-electron chi connectivity index (χ2n) is 9.98. The third kappa shape index (κ3) is 3.74. The van der Waals surface area contributed by atoms with Gasteiger partial charge in [-0.15, -0.1) is 6.42 Å². The molecule has 6 rings (SSSR count). The van der Waals surface area contributed by atoms with Crippen molar-refractivity contribution in [3.05, 3.63) is 58.2 Å². The normalized spacial score (nSPS) is 20.5. The molecule has 3 aliphatic rings. The first kappa shape index (κ1) is 23.7. The lowest BCUT2D eigenvalue weighted by molar-refractivity contribution is -0.132. The van der Waals surface area contributed by atoms with Crippen molar-refractivity contribution in [2.75, 3.05) is 31.1 Å². The standard InChI is InChI=1S/C28H26BrN5O3/c1-2-20-5-4-12-33(20)24(35)17-34-23-7-3-6-21(29)25(23)28(27(34)37)10-13-32(14-11-28)26(36)18-8-9-22-19(15-18)16-30-31-22/h1,3,6-9,15-16,20H,4-5,10-14,17H2,(H,30,31). The highest BCUT2D eigenvalue weighted by molar-refractivity contribution is 9.10. The quantitative estimate of drug-likeness (QED) is 0.497. The number of nitrogens with one attached hydrogen (secondary N) is 1.